The predicted molar refractivity (Wildman–Crippen MR) is 143 cm³/mol. The van der Waals surface area contributed by atoms with Gasteiger partial charge in [-0.1, -0.05) is 29.8 Å². The summed E-state index contributed by atoms with van der Waals surface area (Å²) >= 11 is 0. The van der Waals surface area contributed by atoms with Crippen molar-refractivity contribution in [2.45, 2.75) is 39.3 Å². The molecule has 1 aliphatic rings. The Bertz CT molecular complexity index is 965. The van der Waals surface area contributed by atoms with E-state index in [4.69, 9.17) is 9.47 Å². The number of halogens is 1. The molecule has 0 atom stereocenters. The maximum absolute atomic E-state index is 12.7. The van der Waals surface area contributed by atoms with Crippen LogP contribution in [0.15, 0.2) is 41.4 Å². The number of aryl methyl sites for hydroxylation is 1. The van der Waals surface area contributed by atoms with E-state index in [1.54, 1.807) is 21.3 Å². The zero-order valence-corrected chi connectivity index (χ0v) is 22.3. The molecule has 33 heavy (non-hydrogen) atoms. The minimum absolute atomic E-state index is 0. The van der Waals surface area contributed by atoms with Crippen LogP contribution >= 0.6 is 24.0 Å². The number of nitrogens with zero attached hydrogens (tertiary/aromatic N) is 2. The van der Waals surface area contributed by atoms with Crippen LogP contribution in [0.1, 0.15) is 35.1 Å². The molecule has 0 radical (unpaired) electrons. The molecule has 0 saturated heterocycles. The summed E-state index contributed by atoms with van der Waals surface area (Å²) in [6.07, 6.45) is 2.08. The van der Waals surface area contributed by atoms with Crippen molar-refractivity contribution < 1.29 is 14.3 Å². The number of ether oxygens (including phenoxy) is 2. The highest BCUT2D eigenvalue weighted by molar-refractivity contribution is 14.0. The molecule has 2 aromatic rings. The highest BCUT2D eigenvalue weighted by Crippen LogP contribution is 2.33. The number of aliphatic imine (C=N–C) groups is 1. The van der Waals surface area contributed by atoms with Crippen molar-refractivity contribution in [3.63, 3.8) is 0 Å². The fourth-order valence-electron chi connectivity index (χ4n) is 3.93. The number of fused-ring (bicyclic) bond motifs is 1. The van der Waals surface area contributed by atoms with E-state index >= 15 is 0 Å². The average Bonchev–Trinajstić information content (AvgIpc) is 2.82. The number of nitrogens with one attached hydrogen (secondary N) is 2. The molecular weight excluding hydrogens is 531 g/mol. The Labute approximate surface area is 214 Å². The number of hydrogen-bond acceptors (Lipinski definition) is 4. The Hall–Kier alpha value is -2.49. The lowest BCUT2D eigenvalue weighted by Crippen LogP contribution is -2.38. The number of guanidine groups is 1. The molecule has 0 aliphatic carbocycles. The average molecular weight is 566 g/mol. The van der Waals surface area contributed by atoms with E-state index in [9.17, 15) is 4.79 Å². The molecule has 2 N–H and O–H groups in total. The first-order valence-corrected chi connectivity index (χ1v) is 11.1. The van der Waals surface area contributed by atoms with Crippen molar-refractivity contribution in [2.24, 2.45) is 4.99 Å². The zero-order valence-electron chi connectivity index (χ0n) is 19.9. The van der Waals surface area contributed by atoms with E-state index in [-0.39, 0.29) is 29.9 Å². The number of benzene rings is 2. The lowest BCUT2D eigenvalue weighted by Gasteiger charge is -2.29. The standard InChI is InChI=1S/C25H34N4O3.HI/c1-18-7-5-8-19(13-18)16-28-25(26-2)27-11-6-9-24(30)29-12-10-20-14-22(31-3)23(32-4)15-21(20)17-29;/h5,7-8,13-15H,6,9-12,16-17H2,1-4H3,(H2,26,27,28);1H. The van der Waals surface area contributed by atoms with Gasteiger partial charge in [0.1, 0.15) is 0 Å². The second-order valence-corrected chi connectivity index (χ2v) is 7.99. The smallest absolute Gasteiger partial charge is 0.222 e. The Morgan fingerprint density at radius 1 is 1.09 bits per heavy atom. The minimum Gasteiger partial charge on any atom is -0.493 e. The summed E-state index contributed by atoms with van der Waals surface area (Å²) in [5.74, 6) is 2.36. The molecule has 0 spiro atoms. The summed E-state index contributed by atoms with van der Waals surface area (Å²) in [6, 6.07) is 12.4. The zero-order chi connectivity index (χ0) is 22.9. The third kappa shape index (κ3) is 7.52. The SMILES string of the molecule is CN=C(NCCCC(=O)N1CCc2cc(OC)c(OC)cc2C1)NCc1cccc(C)c1.I. The number of carbonyl (C=O) groups is 1. The second-order valence-electron chi connectivity index (χ2n) is 7.99. The number of carbonyl (C=O) groups excluding carboxylic acids is 1. The van der Waals surface area contributed by atoms with Crippen molar-refractivity contribution in [3.8, 4) is 11.5 Å². The number of amides is 1. The number of rotatable bonds is 8. The first-order chi connectivity index (χ1) is 15.5. The fourth-order valence-corrected chi connectivity index (χ4v) is 3.93. The van der Waals surface area contributed by atoms with Crippen LogP contribution in [-0.2, 0) is 24.3 Å². The highest BCUT2D eigenvalue weighted by Gasteiger charge is 2.22. The molecule has 1 heterocycles. The molecule has 7 nitrogen and oxygen atoms in total. The second kappa shape index (κ2) is 13.3. The van der Waals surface area contributed by atoms with Crippen molar-refractivity contribution in [1.29, 1.82) is 0 Å². The lowest BCUT2D eigenvalue weighted by atomic mass is 9.98. The van der Waals surface area contributed by atoms with Gasteiger partial charge in [-0.25, -0.2) is 0 Å². The van der Waals surface area contributed by atoms with Gasteiger partial charge in [-0.15, -0.1) is 24.0 Å². The quantitative estimate of drug-likeness (QED) is 0.221. The molecule has 0 unspecified atom stereocenters. The molecule has 1 amide bonds. The van der Waals surface area contributed by atoms with Crippen molar-refractivity contribution >= 4 is 35.8 Å². The number of methoxy groups -OCH3 is 2. The van der Waals surface area contributed by atoms with Gasteiger partial charge in [0.25, 0.3) is 0 Å². The van der Waals surface area contributed by atoms with Gasteiger partial charge >= 0.3 is 0 Å². The van der Waals surface area contributed by atoms with Gasteiger partial charge in [-0.05, 0) is 48.6 Å². The monoisotopic (exact) mass is 566 g/mol. The van der Waals surface area contributed by atoms with Crippen LogP contribution in [0.4, 0.5) is 0 Å². The van der Waals surface area contributed by atoms with Crippen molar-refractivity contribution in [1.82, 2.24) is 15.5 Å². The van der Waals surface area contributed by atoms with Crippen LogP contribution in [0.2, 0.25) is 0 Å². The molecule has 2 aromatic carbocycles. The van der Waals surface area contributed by atoms with E-state index in [1.165, 1.54) is 16.7 Å². The van der Waals surface area contributed by atoms with Crippen LogP contribution < -0.4 is 20.1 Å². The van der Waals surface area contributed by atoms with Gasteiger partial charge in [0, 0.05) is 39.6 Å². The lowest BCUT2D eigenvalue weighted by molar-refractivity contribution is -0.132. The first-order valence-electron chi connectivity index (χ1n) is 11.1. The molecule has 0 bridgehead atoms. The van der Waals surface area contributed by atoms with E-state index in [1.807, 2.05) is 17.0 Å². The van der Waals surface area contributed by atoms with Crippen LogP contribution in [0.5, 0.6) is 11.5 Å². The van der Waals surface area contributed by atoms with Crippen molar-refractivity contribution in [2.75, 3.05) is 34.4 Å². The van der Waals surface area contributed by atoms with E-state index in [2.05, 4.69) is 46.8 Å². The summed E-state index contributed by atoms with van der Waals surface area (Å²) in [5, 5.41) is 6.61. The maximum atomic E-state index is 12.7. The van der Waals surface area contributed by atoms with E-state index in [0.29, 0.717) is 31.8 Å². The van der Waals surface area contributed by atoms with E-state index in [0.717, 1.165) is 36.7 Å². The third-order valence-corrected chi connectivity index (χ3v) is 5.70. The van der Waals surface area contributed by atoms with Crippen LogP contribution in [0.25, 0.3) is 0 Å². The predicted octanol–water partition coefficient (Wildman–Crippen LogP) is 3.66. The van der Waals surface area contributed by atoms with Crippen LogP contribution in [0, 0.1) is 6.92 Å². The fraction of sp³-hybridized carbons (Fsp3) is 0.440. The summed E-state index contributed by atoms with van der Waals surface area (Å²) in [5.41, 5.74) is 4.80. The molecule has 180 valence electrons. The Kier molecular flexibility index (Phi) is 10.8. The van der Waals surface area contributed by atoms with Crippen LogP contribution in [0.3, 0.4) is 0 Å². The van der Waals surface area contributed by atoms with Gasteiger partial charge < -0.3 is 25.0 Å². The molecule has 8 heteroatoms. The Morgan fingerprint density at radius 3 is 2.48 bits per heavy atom. The molecule has 1 aliphatic heterocycles. The number of hydrogen-bond donors (Lipinski definition) is 2. The normalized spacial score (nSPS) is 13.0. The molecule has 0 aromatic heterocycles. The van der Waals surface area contributed by atoms with E-state index < -0.39 is 0 Å². The molecule has 3 rings (SSSR count). The Balaban J connectivity index is 0.00000385. The topological polar surface area (TPSA) is 75.2 Å². The summed E-state index contributed by atoms with van der Waals surface area (Å²) < 4.78 is 10.8. The highest BCUT2D eigenvalue weighted by atomic mass is 127. The summed E-state index contributed by atoms with van der Waals surface area (Å²) in [4.78, 5) is 18.9. The van der Waals surface area contributed by atoms with Gasteiger partial charge in [-0.3, -0.25) is 9.79 Å². The van der Waals surface area contributed by atoms with Gasteiger partial charge in [0.2, 0.25) is 5.91 Å². The summed E-state index contributed by atoms with van der Waals surface area (Å²) in [7, 11) is 5.03. The van der Waals surface area contributed by atoms with Gasteiger partial charge in [0.05, 0.1) is 14.2 Å². The molecule has 0 saturated carbocycles. The van der Waals surface area contributed by atoms with Gasteiger partial charge in [-0.2, -0.15) is 0 Å². The van der Waals surface area contributed by atoms with Crippen molar-refractivity contribution in [3.05, 3.63) is 58.7 Å². The molecule has 0 fully saturated rings. The minimum atomic E-state index is 0. The third-order valence-electron chi connectivity index (χ3n) is 5.70. The largest absolute Gasteiger partial charge is 0.493 e. The summed E-state index contributed by atoms with van der Waals surface area (Å²) in [6.45, 7) is 4.83. The first kappa shape index (κ1) is 26.8. The van der Waals surface area contributed by atoms with Gasteiger partial charge in [0.15, 0.2) is 17.5 Å². The maximum Gasteiger partial charge on any atom is 0.222 e. The van der Waals surface area contributed by atoms with Crippen LogP contribution in [-0.4, -0.2) is 51.1 Å². The Morgan fingerprint density at radius 2 is 1.82 bits per heavy atom. The molecular formula is C25H35IN4O3.